The van der Waals surface area contributed by atoms with E-state index in [-0.39, 0.29) is 0 Å². The molecule has 4 nitrogen and oxygen atoms in total. The summed E-state index contributed by atoms with van der Waals surface area (Å²) in [6.07, 6.45) is 4.40. The fourth-order valence-electron chi connectivity index (χ4n) is 1.62. The van der Waals surface area contributed by atoms with E-state index in [0.29, 0.717) is 0 Å². The van der Waals surface area contributed by atoms with Crippen molar-refractivity contribution in [1.29, 1.82) is 0 Å². The number of hydrogen-bond acceptors (Lipinski definition) is 5. The van der Waals surface area contributed by atoms with E-state index in [1.807, 2.05) is 24.8 Å². The van der Waals surface area contributed by atoms with Crippen molar-refractivity contribution in [2.45, 2.75) is 26.7 Å². The maximum atomic E-state index is 4.55. The summed E-state index contributed by atoms with van der Waals surface area (Å²) in [7, 11) is 2.09. The van der Waals surface area contributed by atoms with E-state index in [0.717, 1.165) is 37.0 Å². The molecule has 0 spiro atoms. The quantitative estimate of drug-likeness (QED) is 0.734. The van der Waals surface area contributed by atoms with Gasteiger partial charge in [-0.15, -0.1) is 0 Å². The van der Waals surface area contributed by atoms with Crippen LogP contribution >= 0.6 is 11.8 Å². The molecule has 18 heavy (non-hydrogen) atoms. The standard InChI is InChI=1S/C13H24N4S/c1-5-7-14-13-15-11(2)10-12(16-13)17(3)8-6-9-18-4/h10H,5-9H2,1-4H3,(H,14,15,16). The molecule has 1 heterocycles. The Kier molecular flexibility index (Phi) is 6.86. The van der Waals surface area contributed by atoms with Crippen LogP contribution < -0.4 is 10.2 Å². The molecule has 0 aliphatic heterocycles. The molecule has 102 valence electrons. The molecular weight excluding hydrogens is 244 g/mol. The maximum Gasteiger partial charge on any atom is 0.224 e. The lowest BCUT2D eigenvalue weighted by Crippen LogP contribution is -2.21. The average Bonchev–Trinajstić information content (AvgIpc) is 2.36. The minimum atomic E-state index is 0.739. The molecule has 0 unspecified atom stereocenters. The monoisotopic (exact) mass is 268 g/mol. The number of nitrogens with one attached hydrogen (secondary N) is 1. The van der Waals surface area contributed by atoms with Gasteiger partial charge in [0.2, 0.25) is 5.95 Å². The molecule has 0 saturated heterocycles. The van der Waals surface area contributed by atoms with Gasteiger partial charge in [0.15, 0.2) is 0 Å². The fraction of sp³-hybridized carbons (Fsp3) is 0.692. The molecule has 1 rings (SSSR count). The Morgan fingerprint density at radius 1 is 1.39 bits per heavy atom. The first-order chi connectivity index (χ1) is 8.67. The zero-order chi connectivity index (χ0) is 13.4. The highest BCUT2D eigenvalue weighted by molar-refractivity contribution is 7.98. The SMILES string of the molecule is CCCNc1nc(C)cc(N(C)CCCSC)n1. The first-order valence-electron chi connectivity index (χ1n) is 6.47. The largest absolute Gasteiger partial charge is 0.359 e. The van der Waals surface area contributed by atoms with Crippen LogP contribution in [0.4, 0.5) is 11.8 Å². The van der Waals surface area contributed by atoms with E-state index in [9.17, 15) is 0 Å². The van der Waals surface area contributed by atoms with E-state index in [4.69, 9.17) is 0 Å². The normalized spacial score (nSPS) is 10.4. The van der Waals surface area contributed by atoms with Crippen LogP contribution in [0.15, 0.2) is 6.07 Å². The highest BCUT2D eigenvalue weighted by atomic mass is 32.2. The first kappa shape index (κ1) is 15.1. The molecule has 0 aliphatic carbocycles. The summed E-state index contributed by atoms with van der Waals surface area (Å²) in [4.78, 5) is 11.1. The van der Waals surface area contributed by atoms with Crippen molar-refractivity contribution in [2.24, 2.45) is 0 Å². The van der Waals surface area contributed by atoms with Gasteiger partial charge in [-0.05, 0) is 31.8 Å². The Balaban J connectivity index is 2.65. The first-order valence-corrected chi connectivity index (χ1v) is 7.86. The molecule has 0 aliphatic rings. The lowest BCUT2D eigenvalue weighted by molar-refractivity contribution is 0.837. The Labute approximate surface area is 115 Å². The van der Waals surface area contributed by atoms with Crippen molar-refractivity contribution in [2.75, 3.05) is 42.4 Å². The van der Waals surface area contributed by atoms with Crippen molar-refractivity contribution in [3.05, 3.63) is 11.8 Å². The molecule has 0 radical (unpaired) electrons. The third kappa shape index (κ3) is 5.12. The minimum absolute atomic E-state index is 0.739. The Morgan fingerprint density at radius 2 is 2.17 bits per heavy atom. The van der Waals surface area contributed by atoms with Crippen LogP contribution in [0.3, 0.4) is 0 Å². The molecule has 0 aromatic carbocycles. The van der Waals surface area contributed by atoms with Gasteiger partial charge >= 0.3 is 0 Å². The van der Waals surface area contributed by atoms with E-state index in [1.165, 1.54) is 12.2 Å². The smallest absolute Gasteiger partial charge is 0.224 e. The van der Waals surface area contributed by atoms with E-state index in [2.05, 4.69) is 40.4 Å². The molecule has 0 fully saturated rings. The van der Waals surface area contributed by atoms with Crippen LogP contribution in [0.25, 0.3) is 0 Å². The summed E-state index contributed by atoms with van der Waals surface area (Å²) in [6, 6.07) is 2.04. The topological polar surface area (TPSA) is 41.1 Å². The van der Waals surface area contributed by atoms with E-state index < -0.39 is 0 Å². The van der Waals surface area contributed by atoms with Gasteiger partial charge in [-0.25, -0.2) is 4.98 Å². The van der Waals surface area contributed by atoms with Gasteiger partial charge in [0.05, 0.1) is 0 Å². The lowest BCUT2D eigenvalue weighted by Gasteiger charge is -2.19. The zero-order valence-corrected chi connectivity index (χ0v) is 12.7. The van der Waals surface area contributed by atoms with Crippen LogP contribution in [-0.2, 0) is 0 Å². The molecule has 0 bridgehead atoms. The Hall–Kier alpha value is -0.970. The van der Waals surface area contributed by atoms with Crippen LogP contribution in [0, 0.1) is 6.92 Å². The Bertz CT molecular complexity index is 357. The average molecular weight is 268 g/mol. The summed E-state index contributed by atoms with van der Waals surface area (Å²) in [5.74, 6) is 2.93. The Morgan fingerprint density at radius 3 is 2.83 bits per heavy atom. The number of nitrogens with zero attached hydrogens (tertiary/aromatic N) is 3. The zero-order valence-electron chi connectivity index (χ0n) is 11.9. The highest BCUT2D eigenvalue weighted by Gasteiger charge is 2.06. The van der Waals surface area contributed by atoms with Crippen molar-refractivity contribution >= 4 is 23.5 Å². The predicted octanol–water partition coefficient (Wildman–Crippen LogP) is 2.80. The summed E-state index contributed by atoms with van der Waals surface area (Å²) >= 11 is 1.88. The van der Waals surface area contributed by atoms with Crippen LogP contribution in [-0.4, -0.2) is 42.1 Å². The molecule has 1 N–H and O–H groups in total. The second kappa shape index (κ2) is 8.19. The van der Waals surface area contributed by atoms with Crippen LogP contribution in [0.2, 0.25) is 0 Å². The molecule has 1 aromatic rings. The second-order valence-corrected chi connectivity index (χ2v) is 5.37. The number of rotatable bonds is 8. The third-order valence-electron chi connectivity index (χ3n) is 2.61. The van der Waals surface area contributed by atoms with Gasteiger partial charge in [0.25, 0.3) is 0 Å². The van der Waals surface area contributed by atoms with Gasteiger partial charge < -0.3 is 10.2 Å². The molecule has 0 saturated carbocycles. The summed E-state index contributed by atoms with van der Waals surface area (Å²) < 4.78 is 0. The predicted molar refractivity (Wildman–Crippen MR) is 81.8 cm³/mol. The third-order valence-corrected chi connectivity index (χ3v) is 3.30. The molecular formula is C13H24N4S. The fourth-order valence-corrected chi connectivity index (χ4v) is 2.04. The van der Waals surface area contributed by atoms with Crippen molar-refractivity contribution < 1.29 is 0 Å². The lowest BCUT2D eigenvalue weighted by atomic mass is 10.3. The van der Waals surface area contributed by atoms with Gasteiger partial charge in [0.1, 0.15) is 5.82 Å². The van der Waals surface area contributed by atoms with Gasteiger partial charge in [-0.3, -0.25) is 0 Å². The highest BCUT2D eigenvalue weighted by Crippen LogP contribution is 2.14. The van der Waals surface area contributed by atoms with Crippen molar-refractivity contribution in [3.8, 4) is 0 Å². The second-order valence-electron chi connectivity index (χ2n) is 4.39. The molecule has 0 atom stereocenters. The van der Waals surface area contributed by atoms with Crippen molar-refractivity contribution in [1.82, 2.24) is 9.97 Å². The minimum Gasteiger partial charge on any atom is -0.359 e. The molecule has 1 aromatic heterocycles. The maximum absolute atomic E-state index is 4.55. The summed E-state index contributed by atoms with van der Waals surface area (Å²) in [5, 5.41) is 3.24. The van der Waals surface area contributed by atoms with Gasteiger partial charge in [0, 0.05) is 31.9 Å². The molecule has 0 amide bonds. The van der Waals surface area contributed by atoms with Crippen LogP contribution in [0.1, 0.15) is 25.5 Å². The number of thioether (sulfide) groups is 1. The number of aromatic nitrogens is 2. The van der Waals surface area contributed by atoms with Crippen molar-refractivity contribution in [3.63, 3.8) is 0 Å². The number of anilines is 2. The van der Waals surface area contributed by atoms with E-state index >= 15 is 0 Å². The van der Waals surface area contributed by atoms with E-state index in [1.54, 1.807) is 0 Å². The number of hydrogen-bond donors (Lipinski definition) is 1. The van der Waals surface area contributed by atoms with Gasteiger partial charge in [-0.1, -0.05) is 6.92 Å². The van der Waals surface area contributed by atoms with Gasteiger partial charge in [-0.2, -0.15) is 16.7 Å². The summed E-state index contributed by atoms with van der Waals surface area (Å²) in [6.45, 7) is 6.10. The number of aryl methyl sites for hydroxylation is 1. The summed E-state index contributed by atoms with van der Waals surface area (Å²) in [5.41, 5.74) is 1.01. The molecule has 5 heteroatoms. The van der Waals surface area contributed by atoms with Crippen LogP contribution in [0.5, 0.6) is 0 Å².